The Bertz CT molecular complexity index is 1010. The summed E-state index contributed by atoms with van der Waals surface area (Å²) in [7, 11) is 0. The van der Waals surface area contributed by atoms with Crippen LogP contribution in [0.2, 0.25) is 0 Å². The molecule has 0 radical (unpaired) electrons. The van der Waals surface area contributed by atoms with Gasteiger partial charge in [0.25, 0.3) is 5.56 Å². The van der Waals surface area contributed by atoms with Crippen LogP contribution in [0.4, 0.5) is 5.95 Å². The lowest BCUT2D eigenvalue weighted by Crippen LogP contribution is -2.29. The average molecular weight is 353 g/mol. The van der Waals surface area contributed by atoms with Crippen LogP contribution in [0.15, 0.2) is 35.3 Å². The molecule has 2 aromatic heterocycles. The van der Waals surface area contributed by atoms with Gasteiger partial charge in [0.15, 0.2) is 5.65 Å². The molecule has 0 amide bonds. The number of anilines is 1. The molecule has 0 fully saturated rings. The fourth-order valence-electron chi connectivity index (χ4n) is 3.45. The minimum absolute atomic E-state index is 0.196. The van der Waals surface area contributed by atoms with Crippen molar-refractivity contribution in [2.24, 2.45) is 0 Å². The number of hydrogen-bond donors (Lipinski definition) is 2. The zero-order valence-electron chi connectivity index (χ0n) is 15.2. The van der Waals surface area contributed by atoms with Crippen molar-refractivity contribution in [2.45, 2.75) is 45.4 Å². The van der Waals surface area contributed by atoms with Crippen molar-refractivity contribution >= 4 is 17.0 Å². The van der Waals surface area contributed by atoms with E-state index < -0.39 is 6.10 Å². The molecule has 1 unspecified atom stereocenters. The normalized spacial score (nSPS) is 18.0. The van der Waals surface area contributed by atoms with E-state index in [0.29, 0.717) is 36.5 Å². The number of aromatic nitrogens is 4. The molecule has 2 N–H and O–H groups in total. The molecular weight excluding hydrogens is 330 g/mol. The van der Waals surface area contributed by atoms with Crippen molar-refractivity contribution in [3.8, 4) is 0 Å². The maximum absolute atomic E-state index is 12.6. The molecule has 7 heteroatoms. The van der Waals surface area contributed by atoms with Gasteiger partial charge in [0, 0.05) is 13.1 Å². The third-order valence-corrected chi connectivity index (χ3v) is 4.81. The predicted molar refractivity (Wildman–Crippen MR) is 100 cm³/mol. The third-order valence-electron chi connectivity index (χ3n) is 4.81. The fourth-order valence-corrected chi connectivity index (χ4v) is 3.45. The molecule has 0 saturated carbocycles. The number of benzene rings is 1. The van der Waals surface area contributed by atoms with Crippen molar-refractivity contribution in [3.63, 3.8) is 0 Å². The van der Waals surface area contributed by atoms with Crippen LogP contribution >= 0.6 is 0 Å². The number of hydrogen-bond acceptors (Lipinski definition) is 5. The molecule has 7 nitrogen and oxygen atoms in total. The minimum Gasteiger partial charge on any atom is -0.388 e. The zero-order chi connectivity index (χ0) is 18.5. The maximum Gasteiger partial charge on any atom is 0.263 e. The molecule has 0 bridgehead atoms. The van der Waals surface area contributed by atoms with Crippen molar-refractivity contribution < 1.29 is 5.11 Å². The molecule has 3 aromatic rings. The molecular formula is C19H23N5O2. The Hall–Kier alpha value is -2.67. The van der Waals surface area contributed by atoms with Gasteiger partial charge in [-0.3, -0.25) is 9.78 Å². The van der Waals surface area contributed by atoms with Crippen LogP contribution < -0.4 is 10.5 Å². The maximum atomic E-state index is 12.6. The van der Waals surface area contributed by atoms with Crippen molar-refractivity contribution in [1.82, 2.24) is 19.7 Å². The summed E-state index contributed by atoms with van der Waals surface area (Å²) in [5.74, 6) is 0.511. The highest BCUT2D eigenvalue weighted by molar-refractivity contribution is 5.74. The van der Waals surface area contributed by atoms with Crippen LogP contribution in [0.3, 0.4) is 0 Å². The molecule has 1 aromatic carbocycles. The Morgan fingerprint density at radius 1 is 1.27 bits per heavy atom. The van der Waals surface area contributed by atoms with Gasteiger partial charge in [-0.15, -0.1) is 0 Å². The lowest BCUT2D eigenvalue weighted by atomic mass is 10.0. The quantitative estimate of drug-likeness (QED) is 0.701. The van der Waals surface area contributed by atoms with E-state index in [1.807, 2.05) is 49.9 Å². The molecule has 1 aliphatic heterocycles. The van der Waals surface area contributed by atoms with Gasteiger partial charge in [-0.2, -0.15) is 10.1 Å². The van der Waals surface area contributed by atoms with Gasteiger partial charge < -0.3 is 10.0 Å². The molecule has 0 aliphatic carbocycles. The van der Waals surface area contributed by atoms with Crippen LogP contribution in [0, 0.1) is 0 Å². The highest BCUT2D eigenvalue weighted by Crippen LogP contribution is 2.28. The van der Waals surface area contributed by atoms with Crippen LogP contribution in [0.25, 0.3) is 11.0 Å². The van der Waals surface area contributed by atoms with Crippen LogP contribution in [0.1, 0.15) is 44.4 Å². The first-order valence-corrected chi connectivity index (χ1v) is 8.84. The molecule has 1 aliphatic rings. The van der Waals surface area contributed by atoms with E-state index >= 15 is 0 Å². The summed E-state index contributed by atoms with van der Waals surface area (Å²) in [4.78, 5) is 22.2. The van der Waals surface area contributed by atoms with E-state index in [1.54, 1.807) is 10.9 Å². The first-order valence-electron chi connectivity index (χ1n) is 8.84. The van der Waals surface area contributed by atoms with Gasteiger partial charge in [0.1, 0.15) is 5.39 Å². The van der Waals surface area contributed by atoms with E-state index in [-0.39, 0.29) is 11.1 Å². The topological polar surface area (TPSA) is 87.0 Å². The summed E-state index contributed by atoms with van der Waals surface area (Å²) in [5.41, 5.74) is 2.09. The highest BCUT2D eigenvalue weighted by atomic mass is 16.3. The number of H-pyrrole nitrogens is 1. The minimum atomic E-state index is -0.508. The molecule has 0 spiro atoms. The number of aliphatic hydroxyl groups excluding tert-OH is 1. The largest absolute Gasteiger partial charge is 0.388 e. The number of aliphatic hydroxyl groups is 1. The Balaban J connectivity index is 1.81. The van der Waals surface area contributed by atoms with E-state index in [9.17, 15) is 9.90 Å². The first-order chi connectivity index (χ1) is 12.3. The molecule has 26 heavy (non-hydrogen) atoms. The lowest BCUT2D eigenvalue weighted by Gasteiger charge is -2.23. The van der Waals surface area contributed by atoms with Gasteiger partial charge >= 0.3 is 0 Å². The molecule has 3 heterocycles. The number of aromatic amines is 1. The second kappa shape index (κ2) is 5.95. The van der Waals surface area contributed by atoms with E-state index in [4.69, 9.17) is 4.98 Å². The number of nitrogens with zero attached hydrogens (tertiary/aromatic N) is 4. The molecule has 136 valence electrons. The summed E-state index contributed by atoms with van der Waals surface area (Å²) < 4.78 is 1.78. The number of rotatable bonds is 1. The van der Waals surface area contributed by atoms with Crippen LogP contribution in [0.5, 0.6) is 0 Å². The van der Waals surface area contributed by atoms with Gasteiger partial charge in [-0.25, -0.2) is 4.68 Å². The van der Waals surface area contributed by atoms with E-state index in [2.05, 4.69) is 10.1 Å². The molecule has 4 rings (SSSR count). The van der Waals surface area contributed by atoms with Gasteiger partial charge in [0.05, 0.1) is 17.8 Å². The van der Waals surface area contributed by atoms with Crippen LogP contribution in [-0.2, 0) is 12.1 Å². The zero-order valence-corrected chi connectivity index (χ0v) is 15.2. The van der Waals surface area contributed by atoms with E-state index in [0.717, 1.165) is 11.1 Å². The summed E-state index contributed by atoms with van der Waals surface area (Å²) in [6, 6.07) is 7.86. The van der Waals surface area contributed by atoms with Crippen LogP contribution in [-0.4, -0.2) is 31.4 Å². The third kappa shape index (κ3) is 2.78. The Morgan fingerprint density at radius 2 is 2.04 bits per heavy atom. The summed E-state index contributed by atoms with van der Waals surface area (Å²) in [6.45, 7) is 7.28. The second-order valence-electron chi connectivity index (χ2n) is 7.78. The summed E-state index contributed by atoms with van der Waals surface area (Å²) in [5, 5.41) is 15.3. The number of fused-ring (bicyclic) bond motifs is 2. The Labute approximate surface area is 151 Å². The SMILES string of the molecule is CC(C)(C)n1ncc2c(=O)[nH]c(N3CCC(O)c4ccccc4C3)nc21. The smallest absolute Gasteiger partial charge is 0.263 e. The lowest BCUT2D eigenvalue weighted by molar-refractivity contribution is 0.171. The van der Waals surface area contributed by atoms with Crippen molar-refractivity contribution in [3.05, 3.63) is 51.9 Å². The van der Waals surface area contributed by atoms with Gasteiger partial charge in [0.2, 0.25) is 5.95 Å². The van der Waals surface area contributed by atoms with Crippen molar-refractivity contribution in [1.29, 1.82) is 0 Å². The molecule has 0 saturated heterocycles. The first kappa shape index (κ1) is 16.8. The Kier molecular flexibility index (Phi) is 3.84. The summed E-state index contributed by atoms with van der Waals surface area (Å²) >= 11 is 0. The standard InChI is InChI=1S/C19H23N5O2/c1-19(2,3)24-16-14(10-20-24)17(26)22-18(21-16)23-9-8-15(25)13-7-5-4-6-12(13)11-23/h4-7,10,15,25H,8-9,11H2,1-3H3,(H,21,22,26). The van der Waals surface area contributed by atoms with Gasteiger partial charge in [-0.05, 0) is 38.3 Å². The number of nitrogens with one attached hydrogen (secondary N) is 1. The summed E-state index contributed by atoms with van der Waals surface area (Å²) in [6.07, 6.45) is 1.64. The Morgan fingerprint density at radius 3 is 2.81 bits per heavy atom. The monoisotopic (exact) mass is 353 g/mol. The predicted octanol–water partition coefficient (Wildman–Crippen LogP) is 2.32. The van der Waals surface area contributed by atoms with Crippen molar-refractivity contribution in [2.75, 3.05) is 11.4 Å². The highest BCUT2D eigenvalue weighted by Gasteiger charge is 2.24. The second-order valence-corrected chi connectivity index (χ2v) is 7.78. The van der Waals surface area contributed by atoms with E-state index in [1.165, 1.54) is 0 Å². The fraction of sp³-hybridized carbons (Fsp3) is 0.421. The molecule has 1 atom stereocenters. The van der Waals surface area contributed by atoms with Gasteiger partial charge in [-0.1, -0.05) is 24.3 Å². The average Bonchev–Trinajstić information content (AvgIpc) is 2.96.